The number of benzene rings is 1. The zero-order valence-corrected chi connectivity index (χ0v) is 13.2. The number of nitrogens with one attached hydrogen (secondary N) is 1. The highest BCUT2D eigenvalue weighted by Gasteiger charge is 2.26. The highest BCUT2D eigenvalue weighted by atomic mass is 35.5. The predicted molar refractivity (Wildman–Crippen MR) is 85.2 cm³/mol. The molecule has 0 saturated carbocycles. The van der Waals surface area contributed by atoms with Gasteiger partial charge in [-0.3, -0.25) is 4.90 Å². The monoisotopic (exact) mass is 326 g/mol. The summed E-state index contributed by atoms with van der Waals surface area (Å²) in [5.74, 6) is 0.750. The van der Waals surface area contributed by atoms with Crippen molar-refractivity contribution >= 4 is 12.4 Å². The van der Waals surface area contributed by atoms with Crippen LogP contribution in [0.4, 0.5) is 4.39 Å². The van der Waals surface area contributed by atoms with Gasteiger partial charge in [0.1, 0.15) is 5.76 Å². The third kappa shape index (κ3) is 3.43. The minimum atomic E-state index is -0.346. The van der Waals surface area contributed by atoms with Gasteiger partial charge >= 0.3 is 0 Å². The number of methoxy groups -OCH3 is 1. The van der Waals surface area contributed by atoms with Gasteiger partial charge in [0, 0.05) is 26.2 Å². The van der Waals surface area contributed by atoms with Crippen LogP contribution in [0.5, 0.6) is 5.75 Å². The van der Waals surface area contributed by atoms with Crippen molar-refractivity contribution in [1.29, 1.82) is 0 Å². The minimum Gasteiger partial charge on any atom is -0.494 e. The average molecular weight is 327 g/mol. The van der Waals surface area contributed by atoms with Crippen molar-refractivity contribution < 1.29 is 13.5 Å². The largest absolute Gasteiger partial charge is 0.494 e. The molecule has 120 valence electrons. The summed E-state index contributed by atoms with van der Waals surface area (Å²) >= 11 is 0. The first kappa shape index (κ1) is 16.8. The Morgan fingerprint density at radius 1 is 1.27 bits per heavy atom. The van der Waals surface area contributed by atoms with Gasteiger partial charge in [-0.2, -0.15) is 0 Å². The van der Waals surface area contributed by atoms with E-state index in [-0.39, 0.29) is 30.0 Å². The van der Waals surface area contributed by atoms with Gasteiger partial charge in [0.15, 0.2) is 11.6 Å². The van der Waals surface area contributed by atoms with E-state index in [9.17, 15) is 4.39 Å². The summed E-state index contributed by atoms with van der Waals surface area (Å²) in [7, 11) is 1.47. The Kier molecular flexibility index (Phi) is 5.83. The molecule has 1 atom stereocenters. The second-order valence-corrected chi connectivity index (χ2v) is 5.10. The first-order valence-corrected chi connectivity index (χ1v) is 7.11. The van der Waals surface area contributed by atoms with Gasteiger partial charge < -0.3 is 14.5 Å². The Morgan fingerprint density at radius 3 is 2.64 bits per heavy atom. The van der Waals surface area contributed by atoms with E-state index in [0.717, 1.165) is 37.5 Å². The predicted octanol–water partition coefficient (Wildman–Crippen LogP) is 2.84. The van der Waals surface area contributed by atoms with E-state index in [1.54, 1.807) is 12.3 Å². The van der Waals surface area contributed by atoms with Crippen LogP contribution in [-0.2, 0) is 0 Å². The van der Waals surface area contributed by atoms with Crippen molar-refractivity contribution in [3.8, 4) is 5.75 Å². The molecule has 0 bridgehead atoms. The van der Waals surface area contributed by atoms with Crippen LogP contribution in [0.25, 0.3) is 0 Å². The summed E-state index contributed by atoms with van der Waals surface area (Å²) in [4.78, 5) is 2.30. The first-order valence-electron chi connectivity index (χ1n) is 7.11. The number of ether oxygens (including phenoxy) is 1. The molecule has 3 rings (SSSR count). The summed E-state index contributed by atoms with van der Waals surface area (Å²) in [6.07, 6.45) is 1.66. The number of hydrogen-bond donors (Lipinski definition) is 1. The van der Waals surface area contributed by atoms with E-state index in [2.05, 4.69) is 10.2 Å². The van der Waals surface area contributed by atoms with E-state index < -0.39 is 0 Å². The van der Waals surface area contributed by atoms with E-state index in [1.165, 1.54) is 13.2 Å². The Bertz CT molecular complexity index is 586. The van der Waals surface area contributed by atoms with Gasteiger partial charge in [-0.25, -0.2) is 4.39 Å². The first-order chi connectivity index (χ1) is 10.3. The Balaban J connectivity index is 0.00000176. The van der Waals surface area contributed by atoms with Crippen molar-refractivity contribution in [2.45, 2.75) is 6.04 Å². The molecule has 0 radical (unpaired) electrons. The molecule has 2 aromatic rings. The molecule has 1 fully saturated rings. The lowest BCUT2D eigenvalue weighted by molar-refractivity contribution is 0.179. The fourth-order valence-electron chi connectivity index (χ4n) is 2.79. The lowest BCUT2D eigenvalue weighted by Gasteiger charge is -2.34. The molecule has 1 aliphatic rings. The smallest absolute Gasteiger partial charge is 0.165 e. The molecular weight excluding hydrogens is 307 g/mol. The summed E-state index contributed by atoms with van der Waals surface area (Å²) in [6, 6.07) is 8.84. The number of nitrogens with zero attached hydrogens (tertiary/aromatic N) is 1. The maximum absolute atomic E-state index is 14.0. The molecule has 22 heavy (non-hydrogen) atoms. The van der Waals surface area contributed by atoms with Crippen molar-refractivity contribution in [2.24, 2.45) is 0 Å². The summed E-state index contributed by atoms with van der Waals surface area (Å²) in [5.41, 5.74) is 0.880. The van der Waals surface area contributed by atoms with Crippen molar-refractivity contribution in [3.63, 3.8) is 0 Å². The number of rotatable bonds is 4. The average Bonchev–Trinajstić information content (AvgIpc) is 3.03. The van der Waals surface area contributed by atoms with Crippen molar-refractivity contribution in [2.75, 3.05) is 33.3 Å². The molecule has 4 nitrogen and oxygen atoms in total. The van der Waals surface area contributed by atoms with Crippen LogP contribution in [0.15, 0.2) is 41.0 Å². The topological polar surface area (TPSA) is 37.6 Å². The third-order valence-electron chi connectivity index (χ3n) is 3.82. The van der Waals surface area contributed by atoms with Crippen LogP contribution in [0, 0.1) is 5.82 Å². The van der Waals surface area contributed by atoms with Crippen LogP contribution in [0.1, 0.15) is 17.4 Å². The highest BCUT2D eigenvalue weighted by Crippen LogP contribution is 2.31. The highest BCUT2D eigenvalue weighted by molar-refractivity contribution is 5.85. The van der Waals surface area contributed by atoms with E-state index in [1.807, 2.05) is 18.2 Å². The van der Waals surface area contributed by atoms with E-state index in [0.29, 0.717) is 0 Å². The van der Waals surface area contributed by atoms with Gasteiger partial charge in [0.25, 0.3) is 0 Å². The SMILES string of the molecule is COc1ccc([C@H](c2ccco2)N2CCNCC2)cc1F.Cl. The molecular formula is C16H20ClFN2O2. The molecule has 0 aliphatic carbocycles. The molecule has 1 aromatic carbocycles. The molecule has 0 unspecified atom stereocenters. The Morgan fingerprint density at radius 2 is 2.05 bits per heavy atom. The number of piperazine rings is 1. The number of halogens is 2. The molecule has 2 heterocycles. The Labute approximate surface area is 135 Å². The molecule has 1 aromatic heterocycles. The van der Waals surface area contributed by atoms with Crippen LogP contribution in [0.3, 0.4) is 0 Å². The minimum absolute atomic E-state index is 0. The van der Waals surface area contributed by atoms with Gasteiger partial charge in [0.2, 0.25) is 0 Å². The molecule has 1 saturated heterocycles. The normalized spacial score (nSPS) is 16.8. The maximum Gasteiger partial charge on any atom is 0.165 e. The zero-order valence-electron chi connectivity index (χ0n) is 12.4. The third-order valence-corrected chi connectivity index (χ3v) is 3.82. The summed E-state index contributed by atoms with van der Waals surface area (Å²) in [5, 5.41) is 3.33. The van der Waals surface area contributed by atoms with Gasteiger partial charge in [-0.15, -0.1) is 12.4 Å². The number of furan rings is 1. The van der Waals surface area contributed by atoms with Gasteiger partial charge in [0.05, 0.1) is 19.4 Å². The zero-order chi connectivity index (χ0) is 14.7. The second kappa shape index (κ2) is 7.63. The van der Waals surface area contributed by atoms with E-state index >= 15 is 0 Å². The molecule has 0 amide bonds. The van der Waals surface area contributed by atoms with Crippen LogP contribution >= 0.6 is 12.4 Å². The quantitative estimate of drug-likeness (QED) is 0.937. The van der Waals surface area contributed by atoms with Gasteiger partial charge in [-0.05, 0) is 29.8 Å². The Hall–Kier alpha value is -1.56. The van der Waals surface area contributed by atoms with Crippen LogP contribution < -0.4 is 10.1 Å². The van der Waals surface area contributed by atoms with E-state index in [4.69, 9.17) is 9.15 Å². The van der Waals surface area contributed by atoms with Crippen molar-refractivity contribution in [3.05, 3.63) is 53.7 Å². The molecule has 0 spiro atoms. The maximum atomic E-state index is 14.0. The standard InChI is InChI=1S/C16H19FN2O2.ClH/c1-20-14-5-4-12(11-13(14)17)16(15-3-2-10-21-15)19-8-6-18-7-9-19;/h2-5,10-11,16,18H,6-9H2,1H3;1H/t16-;/m1./s1. The molecule has 1 N–H and O–H groups in total. The fraction of sp³-hybridized carbons (Fsp3) is 0.375. The molecule has 1 aliphatic heterocycles. The molecule has 6 heteroatoms. The lowest BCUT2D eigenvalue weighted by atomic mass is 10.0. The summed E-state index contributed by atoms with van der Waals surface area (Å²) < 4.78 is 24.6. The second-order valence-electron chi connectivity index (χ2n) is 5.10. The fourth-order valence-corrected chi connectivity index (χ4v) is 2.79. The summed E-state index contributed by atoms with van der Waals surface area (Å²) in [6.45, 7) is 3.66. The van der Waals surface area contributed by atoms with Crippen LogP contribution in [0.2, 0.25) is 0 Å². The lowest BCUT2D eigenvalue weighted by Crippen LogP contribution is -2.45. The van der Waals surface area contributed by atoms with Crippen LogP contribution in [-0.4, -0.2) is 38.2 Å². The van der Waals surface area contributed by atoms with Gasteiger partial charge in [-0.1, -0.05) is 6.07 Å². The number of hydrogen-bond acceptors (Lipinski definition) is 4. The van der Waals surface area contributed by atoms with Crippen molar-refractivity contribution in [1.82, 2.24) is 10.2 Å².